The van der Waals surface area contributed by atoms with Crippen LogP contribution in [0.3, 0.4) is 0 Å². The average molecular weight is 190 g/mol. The standard InChI is InChI=1S/C12H16.C2H6/c1-3-8-11(4-2)12-9-6-5-7-10-12;1-2/h3,5-6,8-9H,1,4,7,10H2,2H3;1-2H3/b11-8+;. The summed E-state index contributed by atoms with van der Waals surface area (Å²) in [6.07, 6.45) is 14.0. The summed E-state index contributed by atoms with van der Waals surface area (Å²) in [5.74, 6) is 0. The molecule has 0 amide bonds. The molecule has 0 aromatic heterocycles. The fourth-order valence-corrected chi connectivity index (χ4v) is 1.46. The van der Waals surface area contributed by atoms with E-state index in [4.69, 9.17) is 0 Å². The van der Waals surface area contributed by atoms with E-state index in [0.29, 0.717) is 0 Å². The maximum absolute atomic E-state index is 3.72. The first-order valence-corrected chi connectivity index (χ1v) is 5.56. The molecule has 1 aliphatic carbocycles. The minimum atomic E-state index is 1.10. The Balaban J connectivity index is 0.000000791. The molecule has 0 heterocycles. The van der Waals surface area contributed by atoms with Crippen molar-refractivity contribution >= 4 is 0 Å². The van der Waals surface area contributed by atoms with Gasteiger partial charge in [-0.05, 0) is 30.4 Å². The van der Waals surface area contributed by atoms with E-state index < -0.39 is 0 Å². The molecule has 0 aliphatic heterocycles. The zero-order valence-corrected chi connectivity index (χ0v) is 9.72. The monoisotopic (exact) mass is 190 g/mol. The van der Waals surface area contributed by atoms with Gasteiger partial charge in [-0.15, -0.1) is 0 Å². The minimum Gasteiger partial charge on any atom is -0.0991 e. The van der Waals surface area contributed by atoms with E-state index in [2.05, 4.69) is 37.8 Å². The third-order valence-corrected chi connectivity index (χ3v) is 2.13. The molecule has 0 atom stereocenters. The molecular weight excluding hydrogens is 168 g/mol. The lowest BCUT2D eigenvalue weighted by molar-refractivity contribution is 0.938. The Bertz CT molecular complexity index is 233. The van der Waals surface area contributed by atoms with Gasteiger partial charge in [-0.1, -0.05) is 57.7 Å². The first-order valence-electron chi connectivity index (χ1n) is 5.56. The van der Waals surface area contributed by atoms with Gasteiger partial charge in [0, 0.05) is 0 Å². The maximum Gasteiger partial charge on any atom is -0.0241 e. The van der Waals surface area contributed by atoms with Gasteiger partial charge in [-0.25, -0.2) is 0 Å². The van der Waals surface area contributed by atoms with E-state index in [-0.39, 0.29) is 0 Å². The van der Waals surface area contributed by atoms with Gasteiger partial charge >= 0.3 is 0 Å². The van der Waals surface area contributed by atoms with Crippen LogP contribution in [0.15, 0.2) is 48.1 Å². The molecule has 0 saturated heterocycles. The van der Waals surface area contributed by atoms with E-state index in [9.17, 15) is 0 Å². The number of allylic oxidation sites excluding steroid dienone is 7. The summed E-state index contributed by atoms with van der Waals surface area (Å²) in [5.41, 5.74) is 2.90. The zero-order valence-electron chi connectivity index (χ0n) is 9.72. The summed E-state index contributed by atoms with van der Waals surface area (Å²) >= 11 is 0. The van der Waals surface area contributed by atoms with Crippen molar-refractivity contribution in [3.8, 4) is 0 Å². The Morgan fingerprint density at radius 1 is 1.50 bits per heavy atom. The quantitative estimate of drug-likeness (QED) is 0.560. The van der Waals surface area contributed by atoms with Gasteiger partial charge in [0.2, 0.25) is 0 Å². The van der Waals surface area contributed by atoms with Crippen molar-refractivity contribution in [3.63, 3.8) is 0 Å². The van der Waals surface area contributed by atoms with Gasteiger partial charge < -0.3 is 0 Å². The van der Waals surface area contributed by atoms with Crippen LogP contribution in [0.1, 0.15) is 40.0 Å². The molecule has 0 nitrogen and oxygen atoms in total. The largest absolute Gasteiger partial charge is 0.0991 e. The summed E-state index contributed by atoms with van der Waals surface area (Å²) in [4.78, 5) is 0. The molecule has 0 fully saturated rings. The summed E-state index contributed by atoms with van der Waals surface area (Å²) in [6, 6.07) is 0. The van der Waals surface area contributed by atoms with Crippen LogP contribution in [-0.2, 0) is 0 Å². The van der Waals surface area contributed by atoms with Gasteiger partial charge in [0.25, 0.3) is 0 Å². The Kier molecular flexibility index (Phi) is 7.92. The van der Waals surface area contributed by atoms with Crippen molar-refractivity contribution in [3.05, 3.63) is 48.1 Å². The van der Waals surface area contributed by atoms with Crippen LogP contribution < -0.4 is 0 Å². The molecule has 0 bridgehead atoms. The van der Waals surface area contributed by atoms with Crippen molar-refractivity contribution in [2.45, 2.75) is 40.0 Å². The average Bonchev–Trinajstić information content (AvgIpc) is 2.30. The second-order valence-corrected chi connectivity index (χ2v) is 2.94. The molecule has 78 valence electrons. The maximum atomic E-state index is 3.72. The second kappa shape index (κ2) is 8.55. The molecule has 0 saturated carbocycles. The van der Waals surface area contributed by atoms with Crippen molar-refractivity contribution in [1.29, 1.82) is 0 Å². The smallest absolute Gasteiger partial charge is 0.0241 e. The normalized spacial score (nSPS) is 15.4. The van der Waals surface area contributed by atoms with Crippen molar-refractivity contribution in [2.24, 2.45) is 0 Å². The molecule has 0 radical (unpaired) electrons. The predicted octanol–water partition coefficient (Wildman–Crippen LogP) is 4.81. The van der Waals surface area contributed by atoms with Crippen molar-refractivity contribution in [2.75, 3.05) is 0 Å². The Labute approximate surface area is 88.7 Å². The molecule has 0 unspecified atom stereocenters. The van der Waals surface area contributed by atoms with E-state index in [1.807, 2.05) is 19.9 Å². The third-order valence-electron chi connectivity index (χ3n) is 2.13. The second-order valence-electron chi connectivity index (χ2n) is 2.94. The molecule has 0 heteroatoms. The first kappa shape index (κ1) is 13.0. The zero-order chi connectivity index (χ0) is 10.8. The lowest BCUT2D eigenvalue weighted by Gasteiger charge is -2.10. The third kappa shape index (κ3) is 4.27. The predicted molar refractivity (Wildman–Crippen MR) is 66.4 cm³/mol. The van der Waals surface area contributed by atoms with E-state index in [0.717, 1.165) is 6.42 Å². The van der Waals surface area contributed by atoms with Crippen molar-refractivity contribution < 1.29 is 0 Å². The van der Waals surface area contributed by atoms with Gasteiger partial charge in [0.05, 0.1) is 0 Å². The Hall–Kier alpha value is -1.04. The highest BCUT2D eigenvalue weighted by atomic mass is 14.1. The topological polar surface area (TPSA) is 0 Å². The van der Waals surface area contributed by atoms with Crippen LogP contribution in [0.4, 0.5) is 0 Å². The summed E-state index contributed by atoms with van der Waals surface area (Å²) in [5, 5.41) is 0. The molecule has 1 aliphatic rings. The van der Waals surface area contributed by atoms with Crippen LogP contribution in [-0.4, -0.2) is 0 Å². The molecule has 0 spiro atoms. The number of hydrogen-bond donors (Lipinski definition) is 0. The molecule has 14 heavy (non-hydrogen) atoms. The van der Waals surface area contributed by atoms with Gasteiger partial charge in [-0.3, -0.25) is 0 Å². The summed E-state index contributed by atoms with van der Waals surface area (Å²) < 4.78 is 0. The molecule has 0 aromatic carbocycles. The van der Waals surface area contributed by atoms with E-state index >= 15 is 0 Å². The fraction of sp³-hybridized carbons (Fsp3) is 0.429. The molecule has 1 rings (SSSR count). The molecule has 0 aromatic rings. The van der Waals surface area contributed by atoms with Gasteiger partial charge in [0.1, 0.15) is 0 Å². The van der Waals surface area contributed by atoms with Crippen molar-refractivity contribution in [1.82, 2.24) is 0 Å². The molecular formula is C14H22. The highest BCUT2D eigenvalue weighted by Gasteiger charge is 2.02. The SMILES string of the molecule is C=C/C=C(\CC)C1=CC=CCC1.CC. The van der Waals surface area contributed by atoms with Crippen LogP contribution in [0.5, 0.6) is 0 Å². The first-order chi connectivity index (χ1) is 6.88. The van der Waals surface area contributed by atoms with Crippen LogP contribution >= 0.6 is 0 Å². The number of rotatable bonds is 3. The van der Waals surface area contributed by atoms with E-state index in [1.165, 1.54) is 24.0 Å². The molecule has 0 N–H and O–H groups in total. The lowest BCUT2D eigenvalue weighted by Crippen LogP contribution is -1.91. The summed E-state index contributed by atoms with van der Waals surface area (Å²) in [7, 11) is 0. The fourth-order valence-electron chi connectivity index (χ4n) is 1.46. The number of hydrogen-bond acceptors (Lipinski definition) is 0. The minimum absolute atomic E-state index is 1.10. The van der Waals surface area contributed by atoms with Gasteiger partial charge in [-0.2, -0.15) is 0 Å². The van der Waals surface area contributed by atoms with Gasteiger partial charge in [0.15, 0.2) is 0 Å². The highest BCUT2D eigenvalue weighted by Crippen LogP contribution is 2.22. The Morgan fingerprint density at radius 3 is 2.64 bits per heavy atom. The van der Waals surface area contributed by atoms with Crippen LogP contribution in [0.2, 0.25) is 0 Å². The van der Waals surface area contributed by atoms with E-state index in [1.54, 1.807) is 0 Å². The lowest BCUT2D eigenvalue weighted by atomic mass is 9.95. The summed E-state index contributed by atoms with van der Waals surface area (Å²) in [6.45, 7) is 9.91. The Morgan fingerprint density at radius 2 is 2.21 bits per heavy atom. The van der Waals surface area contributed by atoms with Crippen LogP contribution in [0.25, 0.3) is 0 Å². The van der Waals surface area contributed by atoms with Crippen LogP contribution in [0, 0.1) is 0 Å². The highest BCUT2D eigenvalue weighted by molar-refractivity contribution is 5.37.